The molecule has 2 aliphatic rings. The summed E-state index contributed by atoms with van der Waals surface area (Å²) in [5.74, 6) is -0.526. The first-order chi connectivity index (χ1) is 9.97. The number of rotatable bonds is 5. The van der Waals surface area contributed by atoms with Crippen LogP contribution in [0.3, 0.4) is 0 Å². The molecule has 1 saturated carbocycles. The highest BCUT2D eigenvalue weighted by Gasteiger charge is 2.33. The number of fused-ring (bicyclic) bond motifs is 1. The van der Waals surface area contributed by atoms with Gasteiger partial charge in [0.05, 0.1) is 6.61 Å². The summed E-state index contributed by atoms with van der Waals surface area (Å²) in [6.45, 7) is 4.14. The molecule has 2 rings (SSSR count). The molecule has 1 aliphatic carbocycles. The Labute approximate surface area is 139 Å². The molecule has 7 heteroatoms. The maximum Gasteiger partial charge on any atom is 0.313 e. The Morgan fingerprint density at radius 2 is 2.38 bits per heavy atom. The predicted octanol–water partition coefficient (Wildman–Crippen LogP) is 2.94. The summed E-state index contributed by atoms with van der Waals surface area (Å²) in [6.07, 6.45) is 4.79. The van der Waals surface area contributed by atoms with E-state index >= 15 is 0 Å². The van der Waals surface area contributed by atoms with E-state index < -0.39 is 5.97 Å². The number of carbonyl (C=O) groups is 2. The fraction of sp³-hybridized carbons (Fsp3) is 0.643. The minimum atomic E-state index is -0.420. The molecule has 0 radical (unpaired) electrons. The van der Waals surface area contributed by atoms with Crippen LogP contribution in [0.1, 0.15) is 39.5 Å². The number of carbonyl (C=O) groups excluding carboxylic acids is 2. The van der Waals surface area contributed by atoms with E-state index in [2.05, 4.69) is 34.3 Å². The molecule has 1 aliphatic heterocycles. The van der Waals surface area contributed by atoms with Gasteiger partial charge in [0, 0.05) is 17.8 Å². The first-order valence-corrected chi connectivity index (χ1v) is 11.2. The lowest BCUT2D eigenvalue weighted by molar-refractivity contribution is -0.146. The van der Waals surface area contributed by atoms with Crippen LogP contribution < -0.4 is 5.32 Å². The molecule has 1 fully saturated rings. The van der Waals surface area contributed by atoms with Crippen molar-refractivity contribution >= 4 is 45.7 Å². The van der Waals surface area contributed by atoms with E-state index in [4.69, 9.17) is 9.73 Å². The monoisotopic (exact) mass is 422 g/mol. The SMILES string of the molecule is CCOC(=O)CC(=O)C1CCC2=NC(C)(PI)NC=C2C1. The number of esters is 1. The van der Waals surface area contributed by atoms with Gasteiger partial charge in [0.25, 0.3) is 0 Å². The topological polar surface area (TPSA) is 67.8 Å². The number of allylic oxidation sites excluding steroid dienone is 1. The van der Waals surface area contributed by atoms with E-state index in [1.54, 1.807) is 6.92 Å². The van der Waals surface area contributed by atoms with Crippen molar-refractivity contribution in [3.8, 4) is 0 Å². The van der Waals surface area contributed by atoms with Crippen molar-refractivity contribution < 1.29 is 14.3 Å². The summed E-state index contributed by atoms with van der Waals surface area (Å²) in [6, 6.07) is 0. The zero-order chi connectivity index (χ0) is 15.5. The number of hydrogen-bond acceptors (Lipinski definition) is 5. The molecular formula is C14H20IN2O3P. The number of nitrogens with one attached hydrogen (secondary N) is 1. The number of ether oxygens (including phenoxy) is 1. The highest BCUT2D eigenvalue weighted by Crippen LogP contribution is 2.41. The molecule has 21 heavy (non-hydrogen) atoms. The van der Waals surface area contributed by atoms with Gasteiger partial charge < -0.3 is 10.1 Å². The zero-order valence-corrected chi connectivity index (χ0v) is 15.4. The minimum Gasteiger partial charge on any atom is -0.466 e. The third-order valence-corrected chi connectivity index (χ3v) is 7.49. The molecule has 0 amide bonds. The Balaban J connectivity index is 1.97. The van der Waals surface area contributed by atoms with Gasteiger partial charge in [-0.1, -0.05) is 22.0 Å². The van der Waals surface area contributed by atoms with E-state index in [1.807, 2.05) is 6.20 Å². The average molecular weight is 422 g/mol. The maximum absolute atomic E-state index is 12.2. The van der Waals surface area contributed by atoms with Gasteiger partial charge in [0.1, 0.15) is 12.2 Å². The van der Waals surface area contributed by atoms with Gasteiger partial charge in [-0.2, -0.15) is 0 Å². The van der Waals surface area contributed by atoms with Gasteiger partial charge in [0.15, 0.2) is 5.40 Å². The van der Waals surface area contributed by atoms with Crippen LogP contribution in [0.4, 0.5) is 0 Å². The Kier molecular flexibility index (Phi) is 5.77. The number of Topliss-reactive ketones (excluding diaryl/α,β-unsaturated/α-hetero) is 1. The van der Waals surface area contributed by atoms with Crippen molar-refractivity contribution in [3.63, 3.8) is 0 Å². The quantitative estimate of drug-likeness (QED) is 0.320. The standard InChI is InChI=1S/C14H20IN2O3P/c1-3-20-13(19)7-12(18)9-4-5-11-10(6-9)8-16-14(2,17-11)21-15/h8-9,16,21H,3-7H2,1-2H3. The molecule has 0 aromatic carbocycles. The molecular weight excluding hydrogens is 402 g/mol. The normalized spacial score (nSPS) is 28.4. The fourth-order valence-corrected chi connectivity index (χ4v) is 3.71. The molecule has 0 spiro atoms. The second kappa shape index (κ2) is 7.18. The Morgan fingerprint density at radius 3 is 3.05 bits per heavy atom. The number of aliphatic imine (C=N–C) groups is 1. The van der Waals surface area contributed by atoms with Crippen molar-refractivity contribution in [2.24, 2.45) is 10.9 Å². The Bertz CT molecular complexity index is 506. The minimum absolute atomic E-state index is 0.0162. The smallest absolute Gasteiger partial charge is 0.313 e. The van der Waals surface area contributed by atoms with Crippen LogP contribution in [0.25, 0.3) is 0 Å². The highest BCUT2D eigenvalue weighted by molar-refractivity contribution is 14.2. The molecule has 0 aromatic rings. The van der Waals surface area contributed by atoms with Crippen LogP contribution in [0.2, 0.25) is 0 Å². The number of nitrogens with zero attached hydrogens (tertiary/aromatic N) is 1. The molecule has 0 aromatic heterocycles. The van der Waals surface area contributed by atoms with E-state index in [9.17, 15) is 9.59 Å². The van der Waals surface area contributed by atoms with Crippen molar-refractivity contribution in [1.29, 1.82) is 0 Å². The van der Waals surface area contributed by atoms with Crippen LogP contribution >= 0.6 is 28.3 Å². The van der Waals surface area contributed by atoms with Crippen LogP contribution in [-0.4, -0.2) is 29.5 Å². The molecule has 1 heterocycles. The van der Waals surface area contributed by atoms with Crippen molar-refractivity contribution in [2.45, 2.75) is 44.9 Å². The van der Waals surface area contributed by atoms with Crippen molar-refractivity contribution in [3.05, 3.63) is 11.8 Å². The van der Waals surface area contributed by atoms with E-state index in [-0.39, 0.29) is 23.5 Å². The number of hydrogen-bond donors (Lipinski definition) is 1. The van der Waals surface area contributed by atoms with Crippen LogP contribution in [0, 0.1) is 5.92 Å². The molecule has 5 nitrogen and oxygen atoms in total. The maximum atomic E-state index is 12.2. The third kappa shape index (κ3) is 4.25. The largest absolute Gasteiger partial charge is 0.466 e. The van der Waals surface area contributed by atoms with E-state index in [1.165, 1.54) is 0 Å². The molecule has 0 bridgehead atoms. The first-order valence-electron chi connectivity index (χ1n) is 7.09. The second-order valence-corrected chi connectivity index (χ2v) is 8.21. The molecule has 1 N–H and O–H groups in total. The fourth-order valence-electron chi connectivity index (χ4n) is 2.58. The van der Waals surface area contributed by atoms with Crippen molar-refractivity contribution in [1.82, 2.24) is 5.32 Å². The molecule has 3 atom stereocenters. The Hall–Kier alpha value is -0.490. The van der Waals surface area contributed by atoms with E-state index in [0.29, 0.717) is 19.3 Å². The van der Waals surface area contributed by atoms with E-state index in [0.717, 1.165) is 24.1 Å². The number of ketones is 1. The van der Waals surface area contributed by atoms with Gasteiger partial charge in [-0.3, -0.25) is 14.6 Å². The average Bonchev–Trinajstić information content (AvgIpc) is 2.47. The summed E-state index contributed by atoms with van der Waals surface area (Å²) in [7, 11) is 0. The molecule has 3 unspecified atom stereocenters. The lowest BCUT2D eigenvalue weighted by Crippen LogP contribution is -2.39. The molecule has 0 saturated heterocycles. The van der Waals surface area contributed by atoms with Gasteiger partial charge in [-0.15, -0.1) is 0 Å². The van der Waals surface area contributed by atoms with Gasteiger partial charge in [-0.05, 0) is 44.9 Å². The van der Waals surface area contributed by atoms with Crippen molar-refractivity contribution in [2.75, 3.05) is 6.61 Å². The first kappa shape index (κ1) is 16.9. The van der Waals surface area contributed by atoms with Gasteiger partial charge >= 0.3 is 5.97 Å². The third-order valence-electron chi connectivity index (χ3n) is 3.72. The van der Waals surface area contributed by atoms with Gasteiger partial charge in [0.2, 0.25) is 0 Å². The molecule has 116 valence electrons. The summed E-state index contributed by atoms with van der Waals surface area (Å²) in [5.41, 5.74) is 2.22. The summed E-state index contributed by atoms with van der Waals surface area (Å²) >= 11 is 2.35. The number of halogens is 1. The highest BCUT2D eigenvalue weighted by atomic mass is 127. The zero-order valence-electron chi connectivity index (χ0n) is 12.2. The summed E-state index contributed by atoms with van der Waals surface area (Å²) in [4.78, 5) is 28.3. The summed E-state index contributed by atoms with van der Waals surface area (Å²) < 4.78 is 4.84. The second-order valence-electron chi connectivity index (χ2n) is 5.43. The van der Waals surface area contributed by atoms with Crippen LogP contribution in [0.5, 0.6) is 0 Å². The predicted molar refractivity (Wildman–Crippen MR) is 93.0 cm³/mol. The Morgan fingerprint density at radius 1 is 1.62 bits per heavy atom. The lowest BCUT2D eigenvalue weighted by atomic mass is 9.81. The van der Waals surface area contributed by atoms with Crippen LogP contribution in [0.15, 0.2) is 16.8 Å². The van der Waals surface area contributed by atoms with Gasteiger partial charge in [-0.25, -0.2) is 0 Å². The summed E-state index contributed by atoms with van der Waals surface area (Å²) in [5, 5.41) is 3.11. The van der Waals surface area contributed by atoms with Crippen LogP contribution in [-0.2, 0) is 14.3 Å². The lowest BCUT2D eigenvalue weighted by Gasteiger charge is -2.34.